The molecule has 0 aliphatic rings. The largest absolute Gasteiger partial charge is 0.496 e. The summed E-state index contributed by atoms with van der Waals surface area (Å²) in [5.74, 6) is 0.336. The fourth-order valence-corrected chi connectivity index (χ4v) is 3.66. The molecule has 2 aromatic carbocycles. The number of nitrogens with zero attached hydrogens (tertiary/aromatic N) is 3. The number of H-pyrrole nitrogens is 1. The van der Waals surface area contributed by atoms with Gasteiger partial charge in [0, 0.05) is 42.8 Å². The van der Waals surface area contributed by atoms with Crippen molar-refractivity contribution in [1.29, 1.82) is 0 Å². The van der Waals surface area contributed by atoms with Gasteiger partial charge in [0.25, 0.3) is 5.91 Å². The molecule has 32 heavy (non-hydrogen) atoms. The molecule has 0 fully saturated rings. The van der Waals surface area contributed by atoms with Gasteiger partial charge in [-0.3, -0.25) is 9.89 Å². The number of carbonyl (C=O) groups excluding carboxylic acids is 1. The molecule has 164 valence electrons. The van der Waals surface area contributed by atoms with Crippen LogP contribution in [-0.2, 0) is 4.79 Å². The molecule has 0 radical (unpaired) electrons. The quantitative estimate of drug-likeness (QED) is 0.414. The number of carbonyl (C=O) groups is 1. The minimum atomic E-state index is -1.26. The molecule has 1 unspecified atom stereocenters. The summed E-state index contributed by atoms with van der Waals surface area (Å²) in [6, 6.07) is 16.9. The Kier molecular flexibility index (Phi) is 6.16. The molecule has 4 N–H and O–H groups in total. The van der Waals surface area contributed by atoms with E-state index in [1.54, 1.807) is 32.5 Å². The highest BCUT2D eigenvalue weighted by Crippen LogP contribution is 2.34. The van der Waals surface area contributed by atoms with Gasteiger partial charge >= 0.3 is 0 Å². The second kappa shape index (κ2) is 9.17. The lowest BCUT2D eigenvalue weighted by molar-refractivity contribution is -0.139. The SMILES string of the molecule is COc1ccccc1-c1[nH]nc2ncc(-c3cccc(C(O)C(=O)N(C)CCN)c3)cc12. The first-order valence-corrected chi connectivity index (χ1v) is 10.2. The van der Waals surface area contributed by atoms with Gasteiger partial charge < -0.3 is 20.5 Å². The molecule has 1 amide bonds. The van der Waals surface area contributed by atoms with Crippen molar-refractivity contribution in [2.24, 2.45) is 5.73 Å². The van der Waals surface area contributed by atoms with Crippen LogP contribution in [0.15, 0.2) is 60.8 Å². The van der Waals surface area contributed by atoms with Gasteiger partial charge in [0.15, 0.2) is 11.8 Å². The van der Waals surface area contributed by atoms with Gasteiger partial charge in [-0.15, -0.1) is 0 Å². The van der Waals surface area contributed by atoms with Crippen molar-refractivity contribution in [3.63, 3.8) is 0 Å². The number of aliphatic hydroxyl groups is 1. The third-order valence-corrected chi connectivity index (χ3v) is 5.40. The third-order valence-electron chi connectivity index (χ3n) is 5.40. The van der Waals surface area contributed by atoms with Crippen LogP contribution in [-0.4, -0.2) is 58.3 Å². The number of hydrogen-bond acceptors (Lipinski definition) is 6. The fraction of sp³-hybridized carbons (Fsp3) is 0.208. The molecule has 0 spiro atoms. The Morgan fingerprint density at radius 3 is 2.78 bits per heavy atom. The number of likely N-dealkylation sites (N-methyl/N-ethyl adjacent to an activating group) is 1. The smallest absolute Gasteiger partial charge is 0.255 e. The first-order valence-electron chi connectivity index (χ1n) is 10.2. The van der Waals surface area contributed by atoms with E-state index in [2.05, 4.69) is 15.2 Å². The molecule has 0 aliphatic carbocycles. The summed E-state index contributed by atoms with van der Waals surface area (Å²) in [6.45, 7) is 0.711. The molecule has 0 saturated carbocycles. The molecule has 2 heterocycles. The number of pyridine rings is 1. The van der Waals surface area contributed by atoms with E-state index in [9.17, 15) is 9.90 Å². The molecule has 4 aromatic rings. The van der Waals surface area contributed by atoms with E-state index in [-0.39, 0.29) is 0 Å². The van der Waals surface area contributed by atoms with E-state index in [0.717, 1.165) is 33.5 Å². The lowest BCUT2D eigenvalue weighted by atomic mass is 9.99. The van der Waals surface area contributed by atoms with Crippen molar-refractivity contribution in [2.75, 3.05) is 27.2 Å². The van der Waals surface area contributed by atoms with Crippen LogP contribution >= 0.6 is 0 Å². The van der Waals surface area contributed by atoms with Crippen molar-refractivity contribution in [2.45, 2.75) is 6.10 Å². The van der Waals surface area contributed by atoms with Crippen LogP contribution in [0.4, 0.5) is 0 Å². The number of benzene rings is 2. The van der Waals surface area contributed by atoms with Gasteiger partial charge in [-0.05, 0) is 35.4 Å². The van der Waals surface area contributed by atoms with Gasteiger partial charge in [-0.1, -0.05) is 30.3 Å². The lowest BCUT2D eigenvalue weighted by Crippen LogP contribution is -2.35. The van der Waals surface area contributed by atoms with Crippen LogP contribution in [0.1, 0.15) is 11.7 Å². The third kappa shape index (κ3) is 4.05. The number of aromatic nitrogens is 3. The molecule has 1 atom stereocenters. The van der Waals surface area contributed by atoms with Crippen LogP contribution in [0.2, 0.25) is 0 Å². The highest BCUT2D eigenvalue weighted by molar-refractivity contribution is 5.94. The first kappa shape index (κ1) is 21.5. The molecule has 0 bridgehead atoms. The van der Waals surface area contributed by atoms with Crippen LogP contribution in [0, 0.1) is 0 Å². The highest BCUT2D eigenvalue weighted by atomic mass is 16.5. The van der Waals surface area contributed by atoms with Gasteiger partial charge in [0.05, 0.1) is 12.8 Å². The molecular formula is C24H25N5O3. The average Bonchev–Trinajstić information content (AvgIpc) is 3.26. The maximum atomic E-state index is 12.5. The average molecular weight is 431 g/mol. The van der Waals surface area contributed by atoms with Crippen LogP contribution in [0.25, 0.3) is 33.4 Å². The molecular weight excluding hydrogens is 406 g/mol. The Balaban J connectivity index is 1.72. The zero-order chi connectivity index (χ0) is 22.7. The Morgan fingerprint density at radius 1 is 1.19 bits per heavy atom. The van der Waals surface area contributed by atoms with Crippen molar-refractivity contribution >= 4 is 16.9 Å². The minimum Gasteiger partial charge on any atom is -0.496 e. The summed E-state index contributed by atoms with van der Waals surface area (Å²) in [6.07, 6.45) is 0.463. The summed E-state index contributed by atoms with van der Waals surface area (Å²) in [4.78, 5) is 18.4. The van der Waals surface area contributed by atoms with Crippen molar-refractivity contribution in [3.05, 3.63) is 66.4 Å². The van der Waals surface area contributed by atoms with E-state index in [0.29, 0.717) is 24.3 Å². The number of ether oxygens (including phenoxy) is 1. The summed E-state index contributed by atoms with van der Waals surface area (Å²) in [5, 5.41) is 18.8. The number of rotatable bonds is 7. The lowest BCUT2D eigenvalue weighted by Gasteiger charge is -2.20. The molecule has 0 aliphatic heterocycles. The summed E-state index contributed by atoms with van der Waals surface area (Å²) in [7, 11) is 3.25. The van der Waals surface area contributed by atoms with Crippen molar-refractivity contribution < 1.29 is 14.6 Å². The standard InChI is InChI=1S/C24H25N5O3/c1-29(11-10-25)24(31)22(30)16-7-5-6-15(12-16)17-13-19-21(27-28-23(19)26-14-17)18-8-3-4-9-20(18)32-2/h3-9,12-14,22,30H,10-11,25H2,1-2H3,(H,26,27,28). The number of hydrogen-bond donors (Lipinski definition) is 3. The number of aromatic amines is 1. The van der Waals surface area contributed by atoms with Crippen LogP contribution < -0.4 is 10.5 Å². The van der Waals surface area contributed by atoms with E-state index in [1.165, 1.54) is 4.90 Å². The number of nitrogens with one attached hydrogen (secondary N) is 1. The van der Waals surface area contributed by atoms with Crippen molar-refractivity contribution in [1.82, 2.24) is 20.1 Å². The maximum Gasteiger partial charge on any atom is 0.255 e. The maximum absolute atomic E-state index is 12.5. The zero-order valence-electron chi connectivity index (χ0n) is 17.9. The van der Waals surface area contributed by atoms with E-state index < -0.39 is 12.0 Å². The van der Waals surface area contributed by atoms with Gasteiger partial charge in [0.2, 0.25) is 0 Å². The molecule has 2 aromatic heterocycles. The predicted octanol–water partition coefficient (Wildman–Crippen LogP) is 2.75. The Morgan fingerprint density at radius 2 is 2.00 bits per heavy atom. The fourth-order valence-electron chi connectivity index (χ4n) is 3.66. The highest BCUT2D eigenvalue weighted by Gasteiger charge is 2.21. The number of methoxy groups -OCH3 is 1. The summed E-state index contributed by atoms with van der Waals surface area (Å²) < 4.78 is 5.49. The van der Waals surface area contributed by atoms with Crippen LogP contribution in [0.3, 0.4) is 0 Å². The summed E-state index contributed by atoms with van der Waals surface area (Å²) in [5.41, 5.74) is 9.97. The molecule has 8 nitrogen and oxygen atoms in total. The van der Waals surface area contributed by atoms with E-state index in [1.807, 2.05) is 42.5 Å². The number of aliphatic hydroxyl groups excluding tert-OH is 1. The van der Waals surface area contributed by atoms with E-state index >= 15 is 0 Å². The Bertz CT molecular complexity index is 1250. The van der Waals surface area contributed by atoms with Gasteiger partial charge in [0.1, 0.15) is 5.75 Å². The number of amides is 1. The second-order valence-corrected chi connectivity index (χ2v) is 7.47. The topological polar surface area (TPSA) is 117 Å². The predicted molar refractivity (Wildman–Crippen MR) is 123 cm³/mol. The number of fused-ring (bicyclic) bond motifs is 1. The number of nitrogens with two attached hydrogens (primary N) is 1. The molecule has 4 rings (SSSR count). The second-order valence-electron chi connectivity index (χ2n) is 7.47. The van der Waals surface area contributed by atoms with Crippen LogP contribution in [0.5, 0.6) is 5.75 Å². The first-order chi connectivity index (χ1) is 15.5. The van der Waals surface area contributed by atoms with Crippen molar-refractivity contribution in [3.8, 4) is 28.1 Å². The van der Waals surface area contributed by atoms with E-state index in [4.69, 9.17) is 10.5 Å². The molecule has 8 heteroatoms. The Labute approximate surface area is 185 Å². The van der Waals surface area contributed by atoms with Gasteiger partial charge in [-0.25, -0.2) is 4.98 Å². The molecule has 0 saturated heterocycles. The monoisotopic (exact) mass is 431 g/mol. The number of para-hydroxylation sites is 1. The summed E-state index contributed by atoms with van der Waals surface area (Å²) >= 11 is 0. The Hall–Kier alpha value is -3.75. The minimum absolute atomic E-state index is 0.333. The van der Waals surface area contributed by atoms with Gasteiger partial charge in [-0.2, -0.15) is 5.10 Å². The normalized spacial score (nSPS) is 12.0. The zero-order valence-corrected chi connectivity index (χ0v) is 17.9.